The first-order valence-corrected chi connectivity index (χ1v) is 8.58. The smallest absolute Gasteiger partial charge is 0.0509 e. The number of aryl methyl sites for hydroxylation is 1. The molecule has 2 rings (SSSR count). The Bertz CT molecular complexity index is 431. The van der Waals surface area contributed by atoms with Gasteiger partial charge in [0.25, 0.3) is 0 Å². The summed E-state index contributed by atoms with van der Waals surface area (Å²) in [6.45, 7) is 5.50. The van der Waals surface area contributed by atoms with Crippen LogP contribution in [-0.4, -0.2) is 31.1 Å². The van der Waals surface area contributed by atoms with Gasteiger partial charge in [0.15, 0.2) is 0 Å². The van der Waals surface area contributed by atoms with Crippen molar-refractivity contribution in [1.82, 2.24) is 10.2 Å². The summed E-state index contributed by atoms with van der Waals surface area (Å²) in [5.74, 6) is 0. The molecule has 1 N–H and O–H groups in total. The fourth-order valence-electron chi connectivity index (χ4n) is 4.04. The van der Waals surface area contributed by atoms with E-state index in [1.165, 1.54) is 49.7 Å². The predicted molar refractivity (Wildman–Crippen MR) is 91.7 cm³/mol. The Hall–Kier alpha value is -0.860. The van der Waals surface area contributed by atoms with Gasteiger partial charge in [-0.3, -0.25) is 0 Å². The third-order valence-corrected chi connectivity index (χ3v) is 5.31. The second-order valence-electron chi connectivity index (χ2n) is 6.76. The summed E-state index contributed by atoms with van der Waals surface area (Å²) in [4.78, 5) is 2.50. The Balaban J connectivity index is 2.43. The zero-order valence-corrected chi connectivity index (χ0v) is 14.3. The van der Waals surface area contributed by atoms with Gasteiger partial charge in [0.05, 0.1) is 6.04 Å². The van der Waals surface area contributed by atoms with Gasteiger partial charge in [-0.25, -0.2) is 0 Å². The van der Waals surface area contributed by atoms with Gasteiger partial charge in [0, 0.05) is 5.54 Å². The van der Waals surface area contributed by atoms with E-state index < -0.39 is 0 Å². The molecule has 0 aliphatic heterocycles. The van der Waals surface area contributed by atoms with Crippen molar-refractivity contribution in [3.63, 3.8) is 0 Å². The third-order valence-electron chi connectivity index (χ3n) is 5.31. The number of hydrogen-bond acceptors (Lipinski definition) is 2. The van der Waals surface area contributed by atoms with E-state index in [1.807, 2.05) is 0 Å². The number of hydrogen-bond donors (Lipinski definition) is 1. The molecule has 0 aromatic heterocycles. The Morgan fingerprint density at radius 1 is 1.10 bits per heavy atom. The lowest BCUT2D eigenvalue weighted by Gasteiger charge is -2.47. The van der Waals surface area contributed by atoms with Crippen molar-refractivity contribution in [3.05, 3.63) is 35.4 Å². The lowest BCUT2D eigenvalue weighted by Crippen LogP contribution is -2.53. The van der Waals surface area contributed by atoms with E-state index in [-0.39, 0.29) is 5.54 Å². The number of benzene rings is 1. The normalized spacial score (nSPS) is 20.2. The van der Waals surface area contributed by atoms with E-state index in [1.54, 1.807) is 0 Å². The molecular weight excluding hydrogens is 256 g/mol. The van der Waals surface area contributed by atoms with Crippen LogP contribution < -0.4 is 5.32 Å². The highest BCUT2D eigenvalue weighted by molar-refractivity contribution is 5.32. The van der Waals surface area contributed by atoms with Crippen LogP contribution in [-0.2, 0) is 0 Å². The maximum Gasteiger partial charge on any atom is 0.0509 e. The van der Waals surface area contributed by atoms with Crippen molar-refractivity contribution >= 4 is 0 Å². The van der Waals surface area contributed by atoms with Crippen LogP contribution in [0, 0.1) is 6.92 Å². The van der Waals surface area contributed by atoms with Gasteiger partial charge >= 0.3 is 0 Å². The van der Waals surface area contributed by atoms with Gasteiger partial charge < -0.3 is 10.2 Å². The van der Waals surface area contributed by atoms with Crippen molar-refractivity contribution < 1.29 is 0 Å². The van der Waals surface area contributed by atoms with Crippen molar-refractivity contribution in [2.24, 2.45) is 0 Å². The number of nitrogens with zero attached hydrogens (tertiary/aromatic N) is 1. The molecule has 21 heavy (non-hydrogen) atoms. The van der Waals surface area contributed by atoms with Gasteiger partial charge in [0.1, 0.15) is 0 Å². The van der Waals surface area contributed by atoms with Crippen molar-refractivity contribution in [2.45, 2.75) is 64.0 Å². The lowest BCUT2D eigenvalue weighted by atomic mass is 9.77. The SMILES string of the molecule is CCNC(c1ccccc1C)C1(N(C)C)CCCCCC1. The number of rotatable bonds is 5. The summed E-state index contributed by atoms with van der Waals surface area (Å²) in [5, 5.41) is 3.82. The van der Waals surface area contributed by atoms with Gasteiger partial charge in [-0.15, -0.1) is 0 Å². The second kappa shape index (κ2) is 7.42. The summed E-state index contributed by atoms with van der Waals surface area (Å²) in [5.41, 5.74) is 3.14. The molecule has 1 unspecified atom stereocenters. The van der Waals surface area contributed by atoms with Crippen LogP contribution in [0.15, 0.2) is 24.3 Å². The fourth-order valence-corrected chi connectivity index (χ4v) is 4.04. The van der Waals surface area contributed by atoms with Crippen LogP contribution in [0.2, 0.25) is 0 Å². The van der Waals surface area contributed by atoms with E-state index in [0.717, 1.165) is 6.54 Å². The molecule has 118 valence electrons. The maximum atomic E-state index is 3.82. The molecule has 2 nitrogen and oxygen atoms in total. The van der Waals surface area contributed by atoms with Gasteiger partial charge in [-0.1, -0.05) is 56.9 Å². The van der Waals surface area contributed by atoms with Crippen LogP contribution >= 0.6 is 0 Å². The van der Waals surface area contributed by atoms with Crippen LogP contribution in [0.3, 0.4) is 0 Å². The number of likely N-dealkylation sites (N-methyl/N-ethyl adjacent to an activating group) is 2. The van der Waals surface area contributed by atoms with Crippen molar-refractivity contribution in [2.75, 3.05) is 20.6 Å². The average Bonchev–Trinajstić information content (AvgIpc) is 2.72. The molecule has 1 saturated carbocycles. The molecule has 0 spiro atoms. The molecule has 1 aliphatic rings. The average molecular weight is 288 g/mol. The monoisotopic (exact) mass is 288 g/mol. The van der Waals surface area contributed by atoms with E-state index in [0.29, 0.717) is 6.04 Å². The molecule has 1 fully saturated rings. The minimum absolute atomic E-state index is 0.249. The predicted octanol–water partition coefficient (Wildman–Crippen LogP) is 4.30. The van der Waals surface area contributed by atoms with Gasteiger partial charge in [-0.2, -0.15) is 0 Å². The molecule has 2 heteroatoms. The minimum atomic E-state index is 0.249. The Labute approximate surface area is 130 Å². The van der Waals surface area contributed by atoms with Gasteiger partial charge in [0.2, 0.25) is 0 Å². The largest absolute Gasteiger partial charge is 0.309 e. The maximum absolute atomic E-state index is 3.82. The molecule has 1 aromatic rings. The summed E-state index contributed by atoms with van der Waals surface area (Å²) in [6.07, 6.45) is 8.08. The van der Waals surface area contributed by atoms with Crippen LogP contribution in [0.5, 0.6) is 0 Å². The highest BCUT2D eigenvalue weighted by atomic mass is 15.2. The molecule has 1 atom stereocenters. The highest BCUT2D eigenvalue weighted by Crippen LogP contribution is 2.41. The molecule has 0 amide bonds. The molecule has 0 saturated heterocycles. The zero-order chi connectivity index (χ0) is 15.3. The third kappa shape index (κ3) is 3.49. The molecule has 0 bridgehead atoms. The van der Waals surface area contributed by atoms with Crippen LogP contribution in [0.4, 0.5) is 0 Å². The first-order valence-electron chi connectivity index (χ1n) is 8.58. The minimum Gasteiger partial charge on any atom is -0.309 e. The standard InChI is InChI=1S/C19H32N2/c1-5-20-18(17-13-9-8-12-16(17)2)19(21(3)4)14-10-6-7-11-15-19/h8-9,12-13,18,20H,5-7,10-11,14-15H2,1-4H3. The molecule has 1 aromatic carbocycles. The highest BCUT2D eigenvalue weighted by Gasteiger charge is 2.41. The Morgan fingerprint density at radius 2 is 1.71 bits per heavy atom. The first-order chi connectivity index (χ1) is 10.1. The molecule has 1 aliphatic carbocycles. The van der Waals surface area contributed by atoms with Crippen LogP contribution in [0.25, 0.3) is 0 Å². The van der Waals surface area contributed by atoms with Gasteiger partial charge in [-0.05, 0) is 51.5 Å². The summed E-state index contributed by atoms with van der Waals surface area (Å²) >= 11 is 0. The number of nitrogens with one attached hydrogen (secondary N) is 1. The van der Waals surface area contributed by atoms with Crippen molar-refractivity contribution in [1.29, 1.82) is 0 Å². The molecular formula is C19H32N2. The Kier molecular flexibility index (Phi) is 5.83. The summed E-state index contributed by atoms with van der Waals surface area (Å²) in [6, 6.07) is 9.33. The Morgan fingerprint density at radius 3 is 2.24 bits per heavy atom. The summed E-state index contributed by atoms with van der Waals surface area (Å²) in [7, 11) is 4.54. The molecule has 0 heterocycles. The van der Waals surface area contributed by atoms with E-state index in [4.69, 9.17) is 0 Å². The first kappa shape index (κ1) is 16.5. The van der Waals surface area contributed by atoms with E-state index in [9.17, 15) is 0 Å². The lowest BCUT2D eigenvalue weighted by molar-refractivity contribution is 0.0804. The quantitative estimate of drug-likeness (QED) is 0.813. The second-order valence-corrected chi connectivity index (χ2v) is 6.76. The summed E-state index contributed by atoms with van der Waals surface area (Å²) < 4.78 is 0. The van der Waals surface area contributed by atoms with E-state index in [2.05, 4.69) is 62.4 Å². The van der Waals surface area contributed by atoms with Crippen molar-refractivity contribution in [3.8, 4) is 0 Å². The van der Waals surface area contributed by atoms with Crippen LogP contribution in [0.1, 0.15) is 62.6 Å². The van der Waals surface area contributed by atoms with E-state index >= 15 is 0 Å². The zero-order valence-electron chi connectivity index (χ0n) is 14.3. The fraction of sp³-hybridized carbons (Fsp3) is 0.684. The molecule has 0 radical (unpaired) electrons. The topological polar surface area (TPSA) is 15.3 Å².